The second-order valence-corrected chi connectivity index (χ2v) is 5.51. The molecule has 0 radical (unpaired) electrons. The van der Waals surface area contributed by atoms with Crippen LogP contribution in [0.5, 0.6) is 5.75 Å². The summed E-state index contributed by atoms with van der Waals surface area (Å²) in [4.78, 5) is 4.06. The first-order valence-corrected chi connectivity index (χ1v) is 7.50. The zero-order valence-corrected chi connectivity index (χ0v) is 13.4. The summed E-state index contributed by atoms with van der Waals surface area (Å²) in [5, 5.41) is 3.37. The lowest BCUT2D eigenvalue weighted by atomic mass is 10.2. The van der Waals surface area contributed by atoms with Gasteiger partial charge in [-0.3, -0.25) is 4.98 Å². The lowest BCUT2D eigenvalue weighted by Crippen LogP contribution is -2.13. The summed E-state index contributed by atoms with van der Waals surface area (Å²) in [7, 11) is 0. The first-order valence-electron chi connectivity index (χ1n) is 6.71. The summed E-state index contributed by atoms with van der Waals surface area (Å²) >= 11 is 3.37. The first-order chi connectivity index (χ1) is 9.69. The Balaban J connectivity index is 1.91. The highest BCUT2D eigenvalue weighted by Gasteiger charge is 2.08. The van der Waals surface area contributed by atoms with Gasteiger partial charge in [0.05, 0.1) is 6.20 Å². The van der Waals surface area contributed by atoms with Gasteiger partial charge in [0, 0.05) is 22.8 Å². The molecular weight excluding hydrogens is 320 g/mol. The average molecular weight is 339 g/mol. The Labute approximate surface area is 127 Å². The van der Waals surface area contributed by atoms with Crippen molar-refractivity contribution >= 4 is 15.9 Å². The topological polar surface area (TPSA) is 47.3 Å². The van der Waals surface area contributed by atoms with Gasteiger partial charge in [-0.2, -0.15) is 0 Å². The van der Waals surface area contributed by atoms with Crippen molar-refractivity contribution < 1.29 is 9.15 Å². The number of hydrogen-bond donors (Lipinski definition) is 1. The maximum atomic E-state index is 5.70. The molecule has 0 saturated carbocycles. The van der Waals surface area contributed by atoms with E-state index in [-0.39, 0.29) is 0 Å². The van der Waals surface area contributed by atoms with E-state index in [2.05, 4.69) is 33.2 Å². The Kier molecular flexibility index (Phi) is 5.61. The standard InChI is InChI=1S/C15H19BrN2O2/c1-3-4-17-7-12-5-15(20-11(12)2)10-19-14-6-13(16)8-18-9-14/h5-6,8-9,17H,3-4,7,10H2,1-2H3. The molecule has 0 fully saturated rings. The van der Waals surface area contributed by atoms with Crippen molar-refractivity contribution in [2.75, 3.05) is 6.54 Å². The molecule has 2 rings (SSSR count). The summed E-state index contributed by atoms with van der Waals surface area (Å²) in [5.41, 5.74) is 1.18. The van der Waals surface area contributed by atoms with E-state index in [1.165, 1.54) is 5.56 Å². The molecule has 1 N–H and O–H groups in total. The van der Waals surface area contributed by atoms with Crippen molar-refractivity contribution in [3.8, 4) is 5.75 Å². The number of hydrogen-bond acceptors (Lipinski definition) is 4. The summed E-state index contributed by atoms with van der Waals surface area (Å²) in [5.74, 6) is 2.49. The van der Waals surface area contributed by atoms with E-state index < -0.39 is 0 Å². The van der Waals surface area contributed by atoms with E-state index >= 15 is 0 Å². The van der Waals surface area contributed by atoms with Crippen LogP contribution in [0.15, 0.2) is 33.4 Å². The summed E-state index contributed by atoms with van der Waals surface area (Å²) in [6.07, 6.45) is 4.54. The monoisotopic (exact) mass is 338 g/mol. The van der Waals surface area contributed by atoms with Gasteiger partial charge in [-0.15, -0.1) is 0 Å². The van der Waals surface area contributed by atoms with Crippen LogP contribution < -0.4 is 10.1 Å². The fourth-order valence-corrected chi connectivity index (χ4v) is 2.20. The number of nitrogens with one attached hydrogen (secondary N) is 1. The SMILES string of the molecule is CCCNCc1cc(COc2cncc(Br)c2)oc1C. The van der Waals surface area contributed by atoms with Crippen molar-refractivity contribution in [2.45, 2.75) is 33.4 Å². The van der Waals surface area contributed by atoms with E-state index in [1.807, 2.05) is 19.1 Å². The van der Waals surface area contributed by atoms with Crippen LogP contribution in [0.25, 0.3) is 0 Å². The van der Waals surface area contributed by atoms with Crippen molar-refractivity contribution in [1.29, 1.82) is 0 Å². The largest absolute Gasteiger partial charge is 0.484 e. The molecule has 0 bridgehead atoms. The molecule has 5 heteroatoms. The molecule has 0 atom stereocenters. The smallest absolute Gasteiger partial charge is 0.146 e. The Morgan fingerprint density at radius 2 is 2.20 bits per heavy atom. The zero-order chi connectivity index (χ0) is 14.4. The number of aromatic nitrogens is 1. The lowest BCUT2D eigenvalue weighted by molar-refractivity contribution is 0.266. The minimum atomic E-state index is 0.409. The predicted octanol–water partition coefficient (Wildman–Crippen LogP) is 3.82. The van der Waals surface area contributed by atoms with Gasteiger partial charge >= 0.3 is 0 Å². The number of rotatable bonds is 7. The van der Waals surface area contributed by atoms with Gasteiger partial charge in [-0.1, -0.05) is 6.92 Å². The predicted molar refractivity (Wildman–Crippen MR) is 81.7 cm³/mol. The Hall–Kier alpha value is -1.33. The number of furan rings is 1. The second-order valence-electron chi connectivity index (χ2n) is 4.60. The number of aryl methyl sites for hydroxylation is 1. The van der Waals surface area contributed by atoms with Crippen LogP contribution in [0.1, 0.15) is 30.4 Å². The molecule has 0 aromatic carbocycles. The van der Waals surface area contributed by atoms with Crippen LogP contribution in [0.3, 0.4) is 0 Å². The number of ether oxygens (including phenoxy) is 1. The minimum Gasteiger partial charge on any atom is -0.484 e. The van der Waals surface area contributed by atoms with Crippen molar-refractivity contribution in [2.24, 2.45) is 0 Å². The molecule has 0 aliphatic heterocycles. The third-order valence-electron chi connectivity index (χ3n) is 2.87. The third-order valence-corrected chi connectivity index (χ3v) is 3.31. The van der Waals surface area contributed by atoms with Crippen molar-refractivity contribution in [3.05, 3.63) is 46.1 Å². The molecule has 0 unspecified atom stereocenters. The highest BCUT2D eigenvalue weighted by atomic mass is 79.9. The maximum absolute atomic E-state index is 5.70. The minimum absolute atomic E-state index is 0.409. The molecule has 0 aliphatic rings. The highest BCUT2D eigenvalue weighted by Crippen LogP contribution is 2.19. The summed E-state index contributed by atoms with van der Waals surface area (Å²) < 4.78 is 12.3. The van der Waals surface area contributed by atoms with E-state index in [1.54, 1.807) is 12.4 Å². The maximum Gasteiger partial charge on any atom is 0.146 e. The average Bonchev–Trinajstić information content (AvgIpc) is 2.78. The number of nitrogens with zero attached hydrogens (tertiary/aromatic N) is 1. The van der Waals surface area contributed by atoms with Gasteiger partial charge in [0.1, 0.15) is 23.9 Å². The van der Waals surface area contributed by atoms with Crippen molar-refractivity contribution in [3.63, 3.8) is 0 Å². The van der Waals surface area contributed by atoms with Crippen LogP contribution in [0, 0.1) is 6.92 Å². The molecule has 4 nitrogen and oxygen atoms in total. The van der Waals surface area contributed by atoms with Crippen LogP contribution in [-0.2, 0) is 13.2 Å². The molecule has 0 spiro atoms. The molecule has 2 heterocycles. The Bertz CT molecular complexity index is 555. The molecule has 20 heavy (non-hydrogen) atoms. The van der Waals surface area contributed by atoms with Gasteiger partial charge in [-0.05, 0) is 48.0 Å². The quantitative estimate of drug-likeness (QED) is 0.779. The van der Waals surface area contributed by atoms with Crippen LogP contribution in [0.2, 0.25) is 0 Å². The second kappa shape index (κ2) is 7.45. The third kappa shape index (κ3) is 4.35. The first kappa shape index (κ1) is 15.1. The van der Waals surface area contributed by atoms with Gasteiger partial charge in [0.25, 0.3) is 0 Å². The van der Waals surface area contributed by atoms with Gasteiger partial charge < -0.3 is 14.5 Å². The van der Waals surface area contributed by atoms with E-state index in [4.69, 9.17) is 9.15 Å². The van der Waals surface area contributed by atoms with Gasteiger partial charge in [0.2, 0.25) is 0 Å². The number of pyridine rings is 1. The molecule has 108 valence electrons. The van der Waals surface area contributed by atoms with Crippen LogP contribution in [0.4, 0.5) is 0 Å². The zero-order valence-electron chi connectivity index (χ0n) is 11.8. The summed E-state index contributed by atoms with van der Waals surface area (Å²) in [6, 6.07) is 3.93. The van der Waals surface area contributed by atoms with Gasteiger partial charge in [0.15, 0.2) is 0 Å². The Morgan fingerprint density at radius 1 is 1.35 bits per heavy atom. The summed E-state index contributed by atoms with van der Waals surface area (Å²) in [6.45, 7) is 6.39. The number of halogens is 1. The Morgan fingerprint density at radius 3 is 2.95 bits per heavy atom. The van der Waals surface area contributed by atoms with Crippen LogP contribution in [-0.4, -0.2) is 11.5 Å². The lowest BCUT2D eigenvalue weighted by Gasteiger charge is -2.03. The molecular formula is C15H19BrN2O2. The normalized spacial score (nSPS) is 10.8. The van der Waals surface area contributed by atoms with E-state index in [9.17, 15) is 0 Å². The van der Waals surface area contributed by atoms with Crippen molar-refractivity contribution in [1.82, 2.24) is 10.3 Å². The molecule has 0 saturated heterocycles. The fraction of sp³-hybridized carbons (Fsp3) is 0.400. The fourth-order valence-electron chi connectivity index (χ4n) is 1.86. The molecule has 0 amide bonds. The molecule has 2 aromatic heterocycles. The highest BCUT2D eigenvalue weighted by molar-refractivity contribution is 9.10. The van der Waals surface area contributed by atoms with Crippen LogP contribution >= 0.6 is 15.9 Å². The molecule has 2 aromatic rings. The van der Waals surface area contributed by atoms with E-state index in [0.717, 1.165) is 41.3 Å². The van der Waals surface area contributed by atoms with Gasteiger partial charge in [-0.25, -0.2) is 0 Å². The molecule has 0 aliphatic carbocycles. The van der Waals surface area contributed by atoms with E-state index in [0.29, 0.717) is 6.61 Å².